The predicted octanol–water partition coefficient (Wildman–Crippen LogP) is 4.54. The second-order valence-electron chi connectivity index (χ2n) is 5.50. The lowest BCUT2D eigenvalue weighted by atomic mass is 9.63. The Balaban J connectivity index is 1.88. The summed E-state index contributed by atoms with van der Waals surface area (Å²) in [6.07, 6.45) is 6.88. The summed E-state index contributed by atoms with van der Waals surface area (Å²) in [4.78, 5) is 0. The van der Waals surface area contributed by atoms with Gasteiger partial charge < -0.3 is 0 Å². The van der Waals surface area contributed by atoms with E-state index in [-0.39, 0.29) is 0 Å². The van der Waals surface area contributed by atoms with Crippen molar-refractivity contribution in [3.63, 3.8) is 0 Å². The van der Waals surface area contributed by atoms with Crippen LogP contribution in [0.15, 0.2) is 42.5 Å². The minimum Gasteiger partial charge on any atom is -0.0996 e. The van der Waals surface area contributed by atoms with Crippen molar-refractivity contribution in [3.05, 3.63) is 48.0 Å². The van der Waals surface area contributed by atoms with Gasteiger partial charge in [-0.05, 0) is 55.4 Å². The first kappa shape index (κ1) is 10.1. The monoisotopic (exact) mass is 212 g/mol. The third-order valence-electron chi connectivity index (χ3n) is 4.58. The first-order valence-corrected chi connectivity index (χ1v) is 6.57. The molecule has 2 aliphatic carbocycles. The number of benzene rings is 1. The van der Waals surface area contributed by atoms with E-state index in [2.05, 4.69) is 36.9 Å². The summed E-state index contributed by atoms with van der Waals surface area (Å²) in [7, 11) is 0. The highest BCUT2D eigenvalue weighted by Gasteiger charge is 2.35. The summed E-state index contributed by atoms with van der Waals surface area (Å²) in [5.41, 5.74) is 3.05. The van der Waals surface area contributed by atoms with Crippen LogP contribution in [0.4, 0.5) is 0 Å². The maximum atomic E-state index is 4.31. The van der Waals surface area contributed by atoms with Crippen LogP contribution >= 0.6 is 0 Å². The van der Waals surface area contributed by atoms with E-state index in [0.717, 1.165) is 17.8 Å². The van der Waals surface area contributed by atoms with Gasteiger partial charge in [-0.2, -0.15) is 0 Å². The molecule has 0 aliphatic heterocycles. The fourth-order valence-corrected chi connectivity index (χ4v) is 3.65. The van der Waals surface area contributed by atoms with Crippen molar-refractivity contribution in [1.82, 2.24) is 0 Å². The van der Waals surface area contributed by atoms with Crippen LogP contribution in [0, 0.1) is 11.8 Å². The second kappa shape index (κ2) is 4.08. The van der Waals surface area contributed by atoms with E-state index < -0.39 is 0 Å². The van der Waals surface area contributed by atoms with Crippen molar-refractivity contribution >= 4 is 0 Å². The first-order valence-electron chi connectivity index (χ1n) is 6.57. The molecule has 0 N–H and O–H groups in total. The molecule has 2 aliphatic rings. The van der Waals surface area contributed by atoms with Gasteiger partial charge in [-0.25, -0.2) is 0 Å². The molecular formula is C16H20. The lowest BCUT2D eigenvalue weighted by molar-refractivity contribution is 0.213. The molecule has 2 bridgehead atoms. The highest BCUT2D eigenvalue weighted by atomic mass is 14.4. The molecule has 0 amide bonds. The van der Waals surface area contributed by atoms with Crippen molar-refractivity contribution in [2.24, 2.45) is 11.8 Å². The minimum absolute atomic E-state index is 0.755. The highest BCUT2D eigenvalue weighted by Crippen LogP contribution is 2.49. The molecule has 2 fully saturated rings. The van der Waals surface area contributed by atoms with E-state index in [0.29, 0.717) is 0 Å². The normalized spacial score (nSPS) is 33.8. The molecule has 1 aromatic carbocycles. The molecule has 2 saturated carbocycles. The third-order valence-corrected chi connectivity index (χ3v) is 4.58. The van der Waals surface area contributed by atoms with Gasteiger partial charge in [0.15, 0.2) is 0 Å². The maximum Gasteiger partial charge on any atom is -0.00962 e. The van der Waals surface area contributed by atoms with E-state index in [1.54, 1.807) is 0 Å². The Morgan fingerprint density at radius 1 is 0.938 bits per heavy atom. The molecule has 84 valence electrons. The standard InChI is InChI=1S/C16H20/c1-12-7-8-13-9-10-15(16(12)11-13)14-5-3-2-4-6-14/h2-6,13,15-16H,1,7-11H2. The van der Waals surface area contributed by atoms with Crippen LogP contribution in [-0.4, -0.2) is 0 Å². The number of hydrogen-bond acceptors (Lipinski definition) is 0. The van der Waals surface area contributed by atoms with E-state index in [1.807, 2.05) is 0 Å². The zero-order chi connectivity index (χ0) is 11.0. The lowest BCUT2D eigenvalue weighted by Crippen LogP contribution is -2.28. The molecule has 0 heterocycles. The molecule has 0 spiro atoms. The van der Waals surface area contributed by atoms with Crippen LogP contribution in [0.2, 0.25) is 0 Å². The first-order chi connectivity index (χ1) is 7.84. The van der Waals surface area contributed by atoms with Crippen molar-refractivity contribution in [1.29, 1.82) is 0 Å². The Hall–Kier alpha value is -1.04. The van der Waals surface area contributed by atoms with E-state index in [9.17, 15) is 0 Å². The van der Waals surface area contributed by atoms with Gasteiger partial charge in [-0.1, -0.05) is 42.5 Å². The molecule has 1 aromatic rings. The van der Waals surface area contributed by atoms with Crippen LogP contribution in [-0.2, 0) is 0 Å². The summed E-state index contributed by atoms with van der Waals surface area (Å²) < 4.78 is 0. The van der Waals surface area contributed by atoms with Gasteiger partial charge in [0, 0.05) is 0 Å². The molecule has 3 rings (SSSR count). The van der Waals surface area contributed by atoms with E-state index >= 15 is 0 Å². The summed E-state index contributed by atoms with van der Waals surface area (Å²) in [5.74, 6) is 2.52. The van der Waals surface area contributed by atoms with Crippen LogP contribution in [0.1, 0.15) is 43.6 Å². The van der Waals surface area contributed by atoms with Gasteiger partial charge in [-0.3, -0.25) is 0 Å². The molecular weight excluding hydrogens is 192 g/mol. The molecule has 0 radical (unpaired) electrons. The molecule has 0 heteroatoms. The van der Waals surface area contributed by atoms with Gasteiger partial charge in [0.2, 0.25) is 0 Å². The number of hydrogen-bond donors (Lipinski definition) is 0. The quantitative estimate of drug-likeness (QED) is 0.600. The van der Waals surface area contributed by atoms with Crippen LogP contribution in [0.5, 0.6) is 0 Å². The largest absolute Gasteiger partial charge is 0.0996 e. The van der Waals surface area contributed by atoms with Crippen LogP contribution < -0.4 is 0 Å². The molecule has 3 unspecified atom stereocenters. The Labute approximate surface area is 98.4 Å². The van der Waals surface area contributed by atoms with E-state index in [1.165, 1.54) is 43.2 Å². The molecule has 16 heavy (non-hydrogen) atoms. The fraction of sp³-hybridized carbons (Fsp3) is 0.500. The van der Waals surface area contributed by atoms with Crippen molar-refractivity contribution in [2.45, 2.75) is 38.0 Å². The number of allylic oxidation sites excluding steroid dienone is 1. The van der Waals surface area contributed by atoms with Gasteiger partial charge in [0.1, 0.15) is 0 Å². The maximum absolute atomic E-state index is 4.31. The van der Waals surface area contributed by atoms with Crippen molar-refractivity contribution in [2.75, 3.05) is 0 Å². The molecule has 0 aromatic heterocycles. The number of rotatable bonds is 1. The SMILES string of the molecule is C=C1CCC2CCC(c3ccccc3)C1C2. The van der Waals surface area contributed by atoms with Crippen LogP contribution in [0.3, 0.4) is 0 Å². The summed E-state index contributed by atoms with van der Waals surface area (Å²) >= 11 is 0. The predicted molar refractivity (Wildman–Crippen MR) is 68.4 cm³/mol. The topological polar surface area (TPSA) is 0 Å². The van der Waals surface area contributed by atoms with Gasteiger partial charge >= 0.3 is 0 Å². The smallest absolute Gasteiger partial charge is 0.00962 e. The average Bonchev–Trinajstić information content (AvgIpc) is 2.36. The summed E-state index contributed by atoms with van der Waals surface area (Å²) in [6, 6.07) is 11.1. The summed E-state index contributed by atoms with van der Waals surface area (Å²) in [6.45, 7) is 4.31. The molecule has 0 saturated heterocycles. The Morgan fingerprint density at radius 3 is 2.56 bits per heavy atom. The Kier molecular flexibility index (Phi) is 2.59. The Morgan fingerprint density at radius 2 is 1.75 bits per heavy atom. The zero-order valence-electron chi connectivity index (χ0n) is 9.86. The van der Waals surface area contributed by atoms with Crippen molar-refractivity contribution in [3.8, 4) is 0 Å². The highest BCUT2D eigenvalue weighted by molar-refractivity contribution is 5.25. The minimum atomic E-state index is 0.755. The fourth-order valence-electron chi connectivity index (χ4n) is 3.65. The lowest BCUT2D eigenvalue weighted by Gasteiger charge is -2.42. The Bertz CT molecular complexity index is 376. The average molecular weight is 212 g/mol. The molecule has 0 nitrogen and oxygen atoms in total. The van der Waals surface area contributed by atoms with Gasteiger partial charge in [0.25, 0.3) is 0 Å². The third kappa shape index (κ3) is 1.71. The van der Waals surface area contributed by atoms with Gasteiger partial charge in [-0.15, -0.1) is 0 Å². The number of fused-ring (bicyclic) bond motifs is 2. The van der Waals surface area contributed by atoms with Crippen molar-refractivity contribution < 1.29 is 0 Å². The second-order valence-corrected chi connectivity index (χ2v) is 5.50. The summed E-state index contributed by atoms with van der Waals surface area (Å²) in [5, 5.41) is 0. The molecule has 3 atom stereocenters. The zero-order valence-corrected chi connectivity index (χ0v) is 9.86. The van der Waals surface area contributed by atoms with Crippen LogP contribution in [0.25, 0.3) is 0 Å². The van der Waals surface area contributed by atoms with Gasteiger partial charge in [0.05, 0.1) is 0 Å². The van der Waals surface area contributed by atoms with E-state index in [4.69, 9.17) is 0 Å².